The van der Waals surface area contributed by atoms with Crippen molar-refractivity contribution in [2.24, 2.45) is 0 Å². The van der Waals surface area contributed by atoms with Gasteiger partial charge in [-0.3, -0.25) is 14.3 Å². The molecule has 1 aliphatic heterocycles. The zero-order valence-electron chi connectivity index (χ0n) is 12.2. The number of hydrogen-bond acceptors (Lipinski definition) is 3. The molecule has 2 heterocycles. The Hall–Kier alpha value is -2.63. The summed E-state index contributed by atoms with van der Waals surface area (Å²) in [5, 5.41) is 9.78. The molecule has 1 aliphatic rings. The van der Waals surface area contributed by atoms with Crippen LogP contribution in [0.15, 0.2) is 42.7 Å². The summed E-state index contributed by atoms with van der Waals surface area (Å²) in [7, 11) is 0. The normalized spacial score (nSPS) is 17.3. The van der Waals surface area contributed by atoms with Gasteiger partial charge in [0.2, 0.25) is 11.8 Å². The highest BCUT2D eigenvalue weighted by atomic mass is 16.2. The average Bonchev–Trinajstić information content (AvgIpc) is 3.15. The predicted octanol–water partition coefficient (Wildman–Crippen LogP) is 0.826. The van der Waals surface area contributed by atoms with Crippen LogP contribution in [-0.2, 0) is 22.7 Å². The average molecular weight is 298 g/mol. The predicted molar refractivity (Wildman–Crippen MR) is 80.8 cm³/mol. The first kappa shape index (κ1) is 14.3. The molecule has 6 nitrogen and oxygen atoms in total. The fraction of sp³-hybridized carbons (Fsp3) is 0.312. The van der Waals surface area contributed by atoms with E-state index in [2.05, 4.69) is 15.7 Å². The third kappa shape index (κ3) is 3.52. The summed E-state index contributed by atoms with van der Waals surface area (Å²) >= 11 is 0. The summed E-state index contributed by atoms with van der Waals surface area (Å²) < 4.78 is 1.84. The van der Waals surface area contributed by atoms with Gasteiger partial charge in [-0.1, -0.05) is 30.3 Å². The van der Waals surface area contributed by atoms with Crippen LogP contribution in [-0.4, -0.2) is 27.6 Å². The van der Waals surface area contributed by atoms with E-state index in [0.717, 1.165) is 5.56 Å². The van der Waals surface area contributed by atoms with E-state index >= 15 is 0 Å². The van der Waals surface area contributed by atoms with Gasteiger partial charge >= 0.3 is 0 Å². The highest BCUT2D eigenvalue weighted by Gasteiger charge is 2.26. The number of carbonyl (C=O) groups excluding carboxylic acids is 2. The van der Waals surface area contributed by atoms with Crippen LogP contribution in [0.25, 0.3) is 0 Å². The molecule has 2 aromatic rings. The monoisotopic (exact) mass is 298 g/mol. The summed E-state index contributed by atoms with van der Waals surface area (Å²) in [4.78, 5) is 23.0. The number of amides is 2. The second kappa shape index (κ2) is 6.43. The number of nitrogens with one attached hydrogen (secondary N) is 2. The van der Waals surface area contributed by atoms with Crippen LogP contribution < -0.4 is 10.6 Å². The third-order valence-electron chi connectivity index (χ3n) is 3.65. The zero-order valence-corrected chi connectivity index (χ0v) is 12.2. The molecule has 2 amide bonds. The van der Waals surface area contributed by atoms with Gasteiger partial charge in [0.05, 0.1) is 12.7 Å². The van der Waals surface area contributed by atoms with E-state index in [4.69, 9.17) is 0 Å². The minimum Gasteiger partial charge on any atom is -0.350 e. The van der Waals surface area contributed by atoms with Crippen LogP contribution in [0.4, 0.5) is 0 Å². The summed E-state index contributed by atoms with van der Waals surface area (Å²) in [5.41, 5.74) is 2.11. The molecule has 6 heteroatoms. The van der Waals surface area contributed by atoms with E-state index in [1.54, 1.807) is 6.20 Å². The largest absolute Gasteiger partial charge is 0.350 e. The quantitative estimate of drug-likeness (QED) is 0.858. The number of rotatable bonds is 5. The lowest BCUT2D eigenvalue weighted by atomic mass is 10.2. The van der Waals surface area contributed by atoms with Gasteiger partial charge in [0.25, 0.3) is 0 Å². The third-order valence-corrected chi connectivity index (χ3v) is 3.65. The zero-order chi connectivity index (χ0) is 15.4. The van der Waals surface area contributed by atoms with E-state index < -0.39 is 6.04 Å². The summed E-state index contributed by atoms with van der Waals surface area (Å²) in [6.45, 7) is 1.12. The van der Waals surface area contributed by atoms with E-state index in [9.17, 15) is 9.59 Å². The molecule has 22 heavy (non-hydrogen) atoms. The van der Waals surface area contributed by atoms with Gasteiger partial charge in [-0.15, -0.1) is 0 Å². The molecule has 114 valence electrons. The van der Waals surface area contributed by atoms with Crippen molar-refractivity contribution in [3.05, 3.63) is 53.9 Å². The van der Waals surface area contributed by atoms with Crippen molar-refractivity contribution in [1.82, 2.24) is 20.4 Å². The Morgan fingerprint density at radius 2 is 2.14 bits per heavy atom. The summed E-state index contributed by atoms with van der Waals surface area (Å²) in [6.07, 6.45) is 4.65. The molecular formula is C16H18N4O2. The van der Waals surface area contributed by atoms with Crippen LogP contribution in [0.1, 0.15) is 24.0 Å². The Morgan fingerprint density at radius 1 is 1.32 bits per heavy atom. The first-order valence-corrected chi connectivity index (χ1v) is 7.33. The number of carbonyl (C=O) groups is 2. The molecule has 1 aromatic heterocycles. The SMILES string of the molecule is O=C1CC[C@H](C(=O)NCc2cnn(Cc3ccccc3)c2)N1. The second-order valence-electron chi connectivity index (χ2n) is 5.41. The standard InChI is InChI=1S/C16H18N4O2/c21-15-7-6-14(19-15)16(22)17-8-13-9-18-20(11-13)10-12-4-2-1-3-5-12/h1-5,9,11,14H,6-8,10H2,(H,17,22)(H,19,21)/t14-/m1/s1. The summed E-state index contributed by atoms with van der Waals surface area (Å²) in [5.74, 6) is -0.197. The van der Waals surface area contributed by atoms with Gasteiger partial charge in [0.15, 0.2) is 0 Å². The van der Waals surface area contributed by atoms with Crippen LogP contribution in [0.2, 0.25) is 0 Å². The Labute approximate surface area is 128 Å². The Morgan fingerprint density at radius 3 is 2.86 bits per heavy atom. The van der Waals surface area contributed by atoms with Crippen molar-refractivity contribution < 1.29 is 9.59 Å². The number of hydrogen-bond donors (Lipinski definition) is 2. The van der Waals surface area contributed by atoms with Crippen molar-refractivity contribution in [3.63, 3.8) is 0 Å². The Balaban J connectivity index is 1.51. The maximum absolute atomic E-state index is 11.9. The molecule has 0 aliphatic carbocycles. The van der Waals surface area contributed by atoms with Crippen LogP contribution in [0.5, 0.6) is 0 Å². The molecule has 3 rings (SSSR count). The summed E-state index contributed by atoms with van der Waals surface area (Å²) in [6, 6.07) is 9.67. The molecule has 0 bridgehead atoms. The fourth-order valence-electron chi connectivity index (χ4n) is 2.48. The van der Waals surface area contributed by atoms with Crippen molar-refractivity contribution in [3.8, 4) is 0 Å². The number of nitrogens with zero attached hydrogens (tertiary/aromatic N) is 2. The van der Waals surface area contributed by atoms with E-state index in [-0.39, 0.29) is 11.8 Å². The molecule has 1 saturated heterocycles. The molecule has 0 radical (unpaired) electrons. The van der Waals surface area contributed by atoms with E-state index in [1.165, 1.54) is 5.56 Å². The number of aromatic nitrogens is 2. The van der Waals surface area contributed by atoms with Gasteiger partial charge in [0, 0.05) is 24.7 Å². The lowest BCUT2D eigenvalue weighted by Crippen LogP contribution is -2.41. The van der Waals surface area contributed by atoms with Crippen molar-refractivity contribution >= 4 is 11.8 Å². The lowest BCUT2D eigenvalue weighted by Gasteiger charge is -2.09. The van der Waals surface area contributed by atoms with Gasteiger partial charge in [-0.25, -0.2) is 0 Å². The van der Waals surface area contributed by atoms with Crippen LogP contribution in [0, 0.1) is 0 Å². The van der Waals surface area contributed by atoms with Crippen molar-refractivity contribution in [1.29, 1.82) is 0 Å². The molecule has 0 spiro atoms. The minimum absolute atomic E-state index is 0.0594. The maximum atomic E-state index is 11.9. The van der Waals surface area contributed by atoms with Gasteiger partial charge in [-0.2, -0.15) is 5.10 Å². The van der Waals surface area contributed by atoms with Crippen molar-refractivity contribution in [2.45, 2.75) is 32.0 Å². The first-order chi connectivity index (χ1) is 10.7. The Kier molecular flexibility index (Phi) is 4.18. The van der Waals surface area contributed by atoms with E-state index in [0.29, 0.717) is 25.9 Å². The van der Waals surface area contributed by atoms with Crippen LogP contribution >= 0.6 is 0 Å². The topological polar surface area (TPSA) is 76.0 Å². The van der Waals surface area contributed by atoms with Crippen molar-refractivity contribution in [2.75, 3.05) is 0 Å². The highest BCUT2D eigenvalue weighted by molar-refractivity contribution is 5.90. The molecule has 1 aromatic carbocycles. The molecule has 2 N–H and O–H groups in total. The molecular weight excluding hydrogens is 280 g/mol. The second-order valence-corrected chi connectivity index (χ2v) is 5.41. The molecule has 1 fully saturated rings. The lowest BCUT2D eigenvalue weighted by molar-refractivity contribution is -0.125. The van der Waals surface area contributed by atoms with Gasteiger partial charge in [0.1, 0.15) is 6.04 Å². The number of benzene rings is 1. The fourth-order valence-corrected chi connectivity index (χ4v) is 2.48. The Bertz CT molecular complexity index is 666. The first-order valence-electron chi connectivity index (χ1n) is 7.33. The van der Waals surface area contributed by atoms with E-state index in [1.807, 2.05) is 41.2 Å². The maximum Gasteiger partial charge on any atom is 0.242 e. The molecule has 1 atom stereocenters. The minimum atomic E-state index is -0.396. The highest BCUT2D eigenvalue weighted by Crippen LogP contribution is 2.07. The smallest absolute Gasteiger partial charge is 0.242 e. The molecule has 0 unspecified atom stereocenters. The molecule has 0 saturated carbocycles. The van der Waals surface area contributed by atoms with Gasteiger partial charge in [-0.05, 0) is 12.0 Å². The van der Waals surface area contributed by atoms with Gasteiger partial charge < -0.3 is 10.6 Å². The van der Waals surface area contributed by atoms with Crippen LogP contribution in [0.3, 0.4) is 0 Å².